The van der Waals surface area contributed by atoms with Gasteiger partial charge in [-0.2, -0.15) is 0 Å². The quantitative estimate of drug-likeness (QED) is 0.790. The van der Waals surface area contributed by atoms with Gasteiger partial charge in [0.1, 0.15) is 0 Å². The number of nitrogens with zero attached hydrogens (tertiary/aromatic N) is 3. The van der Waals surface area contributed by atoms with Gasteiger partial charge in [-0.05, 0) is 24.3 Å². The number of aromatic nitrogens is 2. The van der Waals surface area contributed by atoms with Crippen LogP contribution in [0.1, 0.15) is 0 Å². The Morgan fingerprint density at radius 1 is 1.05 bits per heavy atom. The minimum absolute atomic E-state index is 0.0932. The van der Waals surface area contributed by atoms with Gasteiger partial charge in [0.2, 0.25) is 5.95 Å². The summed E-state index contributed by atoms with van der Waals surface area (Å²) < 4.78 is 2.04. The van der Waals surface area contributed by atoms with Crippen LogP contribution in [-0.4, -0.2) is 28.3 Å². The Labute approximate surface area is 117 Å². The van der Waals surface area contributed by atoms with E-state index < -0.39 is 0 Å². The van der Waals surface area contributed by atoms with Gasteiger partial charge in [-0.25, -0.2) is 4.98 Å². The molecule has 0 aliphatic rings. The van der Waals surface area contributed by atoms with Crippen molar-refractivity contribution in [2.24, 2.45) is 0 Å². The lowest BCUT2D eigenvalue weighted by molar-refractivity contribution is 0.278. The number of fused-ring (bicyclic) bond motifs is 1. The van der Waals surface area contributed by atoms with E-state index in [1.165, 1.54) is 0 Å². The Kier molecular flexibility index (Phi) is 3.39. The second-order valence-electron chi connectivity index (χ2n) is 4.67. The largest absolute Gasteiger partial charge is 0.395 e. The van der Waals surface area contributed by atoms with Gasteiger partial charge in [0.05, 0.1) is 17.6 Å². The van der Waals surface area contributed by atoms with Crippen molar-refractivity contribution in [2.75, 3.05) is 18.6 Å². The van der Waals surface area contributed by atoms with E-state index in [-0.39, 0.29) is 6.61 Å². The molecule has 0 amide bonds. The Morgan fingerprint density at radius 2 is 1.75 bits per heavy atom. The molecule has 2 aromatic carbocycles. The molecule has 0 atom stereocenters. The number of hydrogen-bond acceptors (Lipinski definition) is 3. The van der Waals surface area contributed by atoms with E-state index in [0.29, 0.717) is 6.54 Å². The normalized spacial score (nSPS) is 10.9. The molecule has 0 aliphatic carbocycles. The fourth-order valence-corrected chi connectivity index (χ4v) is 2.41. The summed E-state index contributed by atoms with van der Waals surface area (Å²) in [6.45, 7) is 0.628. The molecule has 1 heterocycles. The van der Waals surface area contributed by atoms with Gasteiger partial charge in [-0.3, -0.25) is 0 Å². The van der Waals surface area contributed by atoms with Crippen LogP contribution < -0.4 is 4.90 Å². The van der Waals surface area contributed by atoms with Gasteiger partial charge < -0.3 is 14.6 Å². The molecular weight excluding hydrogens is 250 g/mol. The van der Waals surface area contributed by atoms with Gasteiger partial charge in [-0.1, -0.05) is 30.3 Å². The van der Waals surface area contributed by atoms with Crippen LogP contribution in [0.15, 0.2) is 54.6 Å². The first-order chi connectivity index (χ1) is 9.81. The van der Waals surface area contributed by atoms with E-state index in [1.54, 1.807) is 0 Å². The highest BCUT2D eigenvalue weighted by molar-refractivity contribution is 5.80. The molecule has 0 aliphatic heterocycles. The molecule has 4 heteroatoms. The minimum Gasteiger partial charge on any atom is -0.395 e. The van der Waals surface area contributed by atoms with Crippen LogP contribution in [0.3, 0.4) is 0 Å². The number of aliphatic hydroxyl groups is 1. The SMILES string of the molecule is CN(c1ccccc1)c1nc2ccccc2n1CCO. The molecule has 4 nitrogen and oxygen atoms in total. The van der Waals surface area contributed by atoms with Crippen molar-refractivity contribution < 1.29 is 5.11 Å². The number of rotatable bonds is 4. The number of hydrogen-bond donors (Lipinski definition) is 1. The van der Waals surface area contributed by atoms with E-state index >= 15 is 0 Å². The molecule has 3 aromatic rings. The first-order valence-corrected chi connectivity index (χ1v) is 6.66. The lowest BCUT2D eigenvalue weighted by Crippen LogP contribution is -2.16. The van der Waals surface area contributed by atoms with Gasteiger partial charge in [-0.15, -0.1) is 0 Å². The lowest BCUT2D eigenvalue weighted by atomic mass is 10.3. The number of benzene rings is 2. The number of para-hydroxylation sites is 3. The standard InChI is InChI=1S/C16H17N3O/c1-18(13-7-3-2-4-8-13)16-17-14-9-5-6-10-15(14)19(16)11-12-20/h2-10,20H,11-12H2,1H3. The molecule has 0 saturated carbocycles. The number of anilines is 2. The molecule has 20 heavy (non-hydrogen) atoms. The summed E-state index contributed by atoms with van der Waals surface area (Å²) in [5.74, 6) is 0.839. The van der Waals surface area contributed by atoms with Gasteiger partial charge in [0.15, 0.2) is 0 Å². The predicted molar refractivity (Wildman–Crippen MR) is 81.3 cm³/mol. The van der Waals surface area contributed by atoms with Crippen molar-refractivity contribution in [1.82, 2.24) is 9.55 Å². The van der Waals surface area contributed by atoms with Gasteiger partial charge in [0, 0.05) is 19.3 Å². The molecule has 102 valence electrons. The van der Waals surface area contributed by atoms with Crippen molar-refractivity contribution in [2.45, 2.75) is 6.54 Å². The predicted octanol–water partition coefficient (Wildman–Crippen LogP) is 2.80. The zero-order chi connectivity index (χ0) is 13.9. The van der Waals surface area contributed by atoms with Crippen LogP contribution in [0, 0.1) is 0 Å². The highest BCUT2D eigenvalue weighted by Crippen LogP contribution is 2.26. The van der Waals surface area contributed by atoms with Crippen molar-refractivity contribution >= 4 is 22.7 Å². The van der Waals surface area contributed by atoms with Crippen LogP contribution in [0.5, 0.6) is 0 Å². The Hall–Kier alpha value is -2.33. The van der Waals surface area contributed by atoms with E-state index in [2.05, 4.69) is 4.98 Å². The number of imidazole rings is 1. The third-order valence-corrected chi connectivity index (χ3v) is 3.40. The van der Waals surface area contributed by atoms with Gasteiger partial charge in [0.25, 0.3) is 0 Å². The highest BCUT2D eigenvalue weighted by Gasteiger charge is 2.14. The molecular formula is C16H17N3O. The number of aliphatic hydroxyl groups excluding tert-OH is 1. The summed E-state index contributed by atoms with van der Waals surface area (Å²) >= 11 is 0. The smallest absolute Gasteiger partial charge is 0.210 e. The van der Waals surface area contributed by atoms with Crippen molar-refractivity contribution in [1.29, 1.82) is 0 Å². The van der Waals surface area contributed by atoms with E-state index in [0.717, 1.165) is 22.7 Å². The summed E-state index contributed by atoms with van der Waals surface area (Å²) in [7, 11) is 1.99. The molecule has 0 unspecified atom stereocenters. The second kappa shape index (κ2) is 5.35. The minimum atomic E-state index is 0.0932. The van der Waals surface area contributed by atoms with Crippen molar-refractivity contribution in [3.8, 4) is 0 Å². The summed E-state index contributed by atoms with van der Waals surface area (Å²) in [5.41, 5.74) is 3.06. The summed E-state index contributed by atoms with van der Waals surface area (Å²) in [6.07, 6.45) is 0. The van der Waals surface area contributed by atoms with Crippen LogP contribution >= 0.6 is 0 Å². The first-order valence-electron chi connectivity index (χ1n) is 6.66. The van der Waals surface area contributed by atoms with E-state index in [4.69, 9.17) is 0 Å². The van der Waals surface area contributed by atoms with Crippen LogP contribution in [-0.2, 0) is 6.54 Å². The highest BCUT2D eigenvalue weighted by atomic mass is 16.3. The Balaban J connectivity index is 2.12. The summed E-state index contributed by atoms with van der Waals surface area (Å²) in [4.78, 5) is 6.72. The molecule has 0 saturated heterocycles. The molecule has 0 fully saturated rings. The van der Waals surface area contributed by atoms with Crippen molar-refractivity contribution in [3.63, 3.8) is 0 Å². The Bertz CT molecular complexity index is 706. The first kappa shape index (κ1) is 12.7. The fraction of sp³-hybridized carbons (Fsp3) is 0.188. The van der Waals surface area contributed by atoms with Gasteiger partial charge >= 0.3 is 0 Å². The Morgan fingerprint density at radius 3 is 2.50 bits per heavy atom. The lowest BCUT2D eigenvalue weighted by Gasteiger charge is -2.19. The molecule has 0 bridgehead atoms. The topological polar surface area (TPSA) is 41.3 Å². The third-order valence-electron chi connectivity index (χ3n) is 3.40. The monoisotopic (exact) mass is 267 g/mol. The molecule has 1 N–H and O–H groups in total. The van der Waals surface area contributed by atoms with Crippen LogP contribution in [0.4, 0.5) is 11.6 Å². The van der Waals surface area contributed by atoms with Crippen LogP contribution in [0.25, 0.3) is 11.0 Å². The zero-order valence-corrected chi connectivity index (χ0v) is 11.4. The molecule has 3 rings (SSSR count). The van der Waals surface area contributed by atoms with Crippen LogP contribution in [0.2, 0.25) is 0 Å². The molecule has 1 aromatic heterocycles. The third kappa shape index (κ3) is 2.14. The maximum absolute atomic E-state index is 9.31. The summed E-state index contributed by atoms with van der Waals surface area (Å²) in [6, 6.07) is 18.1. The average molecular weight is 267 g/mol. The average Bonchev–Trinajstić information content (AvgIpc) is 2.87. The molecule has 0 spiro atoms. The summed E-state index contributed by atoms with van der Waals surface area (Å²) in [5, 5.41) is 9.31. The molecule has 0 radical (unpaired) electrons. The fourth-order valence-electron chi connectivity index (χ4n) is 2.41. The second-order valence-corrected chi connectivity index (χ2v) is 4.67. The van der Waals surface area contributed by atoms with E-state index in [9.17, 15) is 5.11 Å². The maximum atomic E-state index is 9.31. The maximum Gasteiger partial charge on any atom is 0.210 e. The van der Waals surface area contributed by atoms with Crippen molar-refractivity contribution in [3.05, 3.63) is 54.6 Å². The van der Waals surface area contributed by atoms with E-state index in [1.807, 2.05) is 71.1 Å². The zero-order valence-electron chi connectivity index (χ0n) is 11.4.